The number of aliphatic hydroxyl groups excluding tert-OH is 1. The molecule has 0 bridgehead atoms. The highest BCUT2D eigenvalue weighted by molar-refractivity contribution is 5.39. The van der Waals surface area contributed by atoms with Gasteiger partial charge in [-0.2, -0.15) is 0 Å². The topological polar surface area (TPSA) is 42.4 Å². The van der Waals surface area contributed by atoms with Gasteiger partial charge in [0.1, 0.15) is 12.4 Å². The van der Waals surface area contributed by atoms with Crippen molar-refractivity contribution in [2.24, 2.45) is 0 Å². The zero-order valence-electron chi connectivity index (χ0n) is 10.5. The van der Waals surface area contributed by atoms with Gasteiger partial charge in [-0.3, -0.25) is 4.98 Å². The van der Waals surface area contributed by atoms with E-state index in [0.29, 0.717) is 6.61 Å². The third-order valence-electron chi connectivity index (χ3n) is 2.55. The van der Waals surface area contributed by atoms with E-state index in [-0.39, 0.29) is 6.61 Å². The molecule has 0 aliphatic rings. The molecule has 2 rings (SSSR count). The summed E-state index contributed by atoms with van der Waals surface area (Å²) < 4.78 is 5.68. The smallest absolute Gasteiger partial charge is 0.120 e. The first kappa shape index (κ1) is 13.1. The number of hydrogen-bond acceptors (Lipinski definition) is 3. The van der Waals surface area contributed by atoms with Crippen LogP contribution in [-0.4, -0.2) is 23.3 Å². The van der Waals surface area contributed by atoms with Gasteiger partial charge in [0.2, 0.25) is 0 Å². The second-order valence-electron chi connectivity index (χ2n) is 3.94. The Balaban J connectivity index is 1.89. The molecule has 0 amide bonds. The molecule has 1 aromatic heterocycles. The van der Waals surface area contributed by atoms with Crippen molar-refractivity contribution >= 4 is 0 Å². The van der Waals surface area contributed by atoms with Gasteiger partial charge in [-0.05, 0) is 35.9 Å². The van der Waals surface area contributed by atoms with Crippen LogP contribution in [0, 0.1) is 11.8 Å². The van der Waals surface area contributed by atoms with E-state index >= 15 is 0 Å². The molecule has 0 unspecified atom stereocenters. The van der Waals surface area contributed by atoms with E-state index in [1.54, 1.807) is 12.4 Å². The Morgan fingerprint density at radius 3 is 2.79 bits per heavy atom. The molecule has 0 saturated carbocycles. The second kappa shape index (κ2) is 7.20. The van der Waals surface area contributed by atoms with Crippen molar-refractivity contribution in [2.45, 2.75) is 6.42 Å². The SMILES string of the molecule is OCC#Cc1cccc(OCCc2ccncc2)c1. The third kappa shape index (κ3) is 4.46. The zero-order chi connectivity index (χ0) is 13.3. The highest BCUT2D eigenvalue weighted by Crippen LogP contribution is 2.13. The molecule has 19 heavy (non-hydrogen) atoms. The molecule has 96 valence electrons. The summed E-state index contributed by atoms with van der Waals surface area (Å²) in [6, 6.07) is 11.5. The number of ether oxygens (including phenoxy) is 1. The molecular formula is C16H15NO2. The van der Waals surface area contributed by atoms with Crippen molar-refractivity contribution in [1.29, 1.82) is 0 Å². The van der Waals surface area contributed by atoms with Crippen LogP contribution in [0.4, 0.5) is 0 Å². The van der Waals surface area contributed by atoms with E-state index in [1.165, 1.54) is 5.56 Å². The number of hydrogen-bond donors (Lipinski definition) is 1. The van der Waals surface area contributed by atoms with Crippen molar-refractivity contribution in [3.63, 3.8) is 0 Å². The normalized spacial score (nSPS) is 9.53. The average molecular weight is 253 g/mol. The first-order chi connectivity index (χ1) is 9.38. The quantitative estimate of drug-likeness (QED) is 0.848. The Kier molecular flexibility index (Phi) is 4.97. The Hall–Kier alpha value is -2.31. The first-order valence-electron chi connectivity index (χ1n) is 6.10. The summed E-state index contributed by atoms with van der Waals surface area (Å²) in [6.07, 6.45) is 4.40. The van der Waals surface area contributed by atoms with Crippen molar-refractivity contribution in [1.82, 2.24) is 4.98 Å². The number of aromatic nitrogens is 1. The van der Waals surface area contributed by atoms with E-state index in [1.807, 2.05) is 36.4 Å². The molecule has 0 spiro atoms. The molecule has 0 atom stereocenters. The Morgan fingerprint density at radius 2 is 2.00 bits per heavy atom. The fourth-order valence-corrected chi connectivity index (χ4v) is 1.64. The Morgan fingerprint density at radius 1 is 1.16 bits per heavy atom. The molecule has 0 fully saturated rings. The fraction of sp³-hybridized carbons (Fsp3) is 0.188. The van der Waals surface area contributed by atoms with Crippen molar-refractivity contribution in [3.05, 3.63) is 59.9 Å². The molecule has 1 heterocycles. The monoisotopic (exact) mass is 253 g/mol. The standard InChI is InChI=1S/C16H15NO2/c18-11-2-4-15-3-1-5-16(13-15)19-12-8-14-6-9-17-10-7-14/h1,3,5-7,9-10,13,18H,8,11-12H2. The lowest BCUT2D eigenvalue weighted by Crippen LogP contribution is -2.01. The van der Waals surface area contributed by atoms with Crippen LogP contribution >= 0.6 is 0 Å². The predicted molar refractivity (Wildman–Crippen MR) is 73.8 cm³/mol. The number of aliphatic hydroxyl groups is 1. The largest absolute Gasteiger partial charge is 0.493 e. The fourth-order valence-electron chi connectivity index (χ4n) is 1.64. The van der Waals surface area contributed by atoms with Crippen LogP contribution in [0.15, 0.2) is 48.8 Å². The molecule has 1 N–H and O–H groups in total. The lowest BCUT2D eigenvalue weighted by Gasteiger charge is -2.06. The van der Waals surface area contributed by atoms with Crippen molar-refractivity contribution < 1.29 is 9.84 Å². The molecule has 3 nitrogen and oxygen atoms in total. The summed E-state index contributed by atoms with van der Waals surface area (Å²) in [5, 5.41) is 8.65. The highest BCUT2D eigenvalue weighted by atomic mass is 16.5. The maximum Gasteiger partial charge on any atom is 0.120 e. The molecule has 1 aromatic carbocycles. The zero-order valence-corrected chi connectivity index (χ0v) is 10.5. The van der Waals surface area contributed by atoms with Crippen LogP contribution in [-0.2, 0) is 6.42 Å². The van der Waals surface area contributed by atoms with Crippen molar-refractivity contribution in [2.75, 3.05) is 13.2 Å². The number of pyridine rings is 1. The average Bonchev–Trinajstić information content (AvgIpc) is 2.47. The predicted octanol–water partition coefficient (Wildman–Crippen LogP) is 2.05. The molecule has 0 radical (unpaired) electrons. The minimum Gasteiger partial charge on any atom is -0.493 e. The van der Waals surface area contributed by atoms with E-state index in [2.05, 4.69) is 16.8 Å². The minimum absolute atomic E-state index is 0.132. The summed E-state index contributed by atoms with van der Waals surface area (Å²) >= 11 is 0. The van der Waals surface area contributed by atoms with Gasteiger partial charge in [0.25, 0.3) is 0 Å². The summed E-state index contributed by atoms with van der Waals surface area (Å²) in [5.74, 6) is 6.26. The van der Waals surface area contributed by atoms with Gasteiger partial charge in [-0.1, -0.05) is 17.9 Å². The van der Waals surface area contributed by atoms with E-state index in [4.69, 9.17) is 9.84 Å². The molecule has 0 aliphatic heterocycles. The van der Waals surface area contributed by atoms with Crippen molar-refractivity contribution in [3.8, 4) is 17.6 Å². The summed E-state index contributed by atoms with van der Waals surface area (Å²) in [7, 11) is 0. The molecule has 0 saturated heterocycles. The number of nitrogens with zero attached hydrogens (tertiary/aromatic N) is 1. The Labute approximate surface area is 112 Å². The van der Waals surface area contributed by atoms with Crippen LogP contribution in [0.25, 0.3) is 0 Å². The van der Waals surface area contributed by atoms with Gasteiger partial charge in [0.15, 0.2) is 0 Å². The van der Waals surface area contributed by atoms with Crippen LogP contribution in [0.1, 0.15) is 11.1 Å². The van der Waals surface area contributed by atoms with Crippen LogP contribution in [0.5, 0.6) is 5.75 Å². The van der Waals surface area contributed by atoms with Gasteiger partial charge >= 0.3 is 0 Å². The van der Waals surface area contributed by atoms with E-state index < -0.39 is 0 Å². The molecule has 3 heteroatoms. The molecule has 0 aliphatic carbocycles. The summed E-state index contributed by atoms with van der Waals surface area (Å²) in [6.45, 7) is 0.480. The lowest BCUT2D eigenvalue weighted by atomic mass is 10.2. The highest BCUT2D eigenvalue weighted by Gasteiger charge is 1.96. The van der Waals surface area contributed by atoms with Crippen LogP contribution in [0.3, 0.4) is 0 Å². The van der Waals surface area contributed by atoms with Crippen LogP contribution in [0.2, 0.25) is 0 Å². The molecular weight excluding hydrogens is 238 g/mol. The lowest BCUT2D eigenvalue weighted by molar-refractivity contribution is 0.322. The molecule has 2 aromatic rings. The third-order valence-corrected chi connectivity index (χ3v) is 2.55. The van der Waals surface area contributed by atoms with Gasteiger partial charge in [0.05, 0.1) is 6.61 Å². The summed E-state index contributed by atoms with van der Waals surface area (Å²) in [4.78, 5) is 3.98. The van der Waals surface area contributed by atoms with Gasteiger partial charge in [-0.25, -0.2) is 0 Å². The number of benzene rings is 1. The van der Waals surface area contributed by atoms with E-state index in [9.17, 15) is 0 Å². The maximum atomic E-state index is 8.65. The Bertz CT molecular complexity index is 570. The minimum atomic E-state index is -0.132. The van der Waals surface area contributed by atoms with Gasteiger partial charge in [0, 0.05) is 24.4 Å². The van der Waals surface area contributed by atoms with Gasteiger partial charge < -0.3 is 9.84 Å². The van der Waals surface area contributed by atoms with E-state index in [0.717, 1.165) is 17.7 Å². The number of rotatable bonds is 4. The maximum absolute atomic E-state index is 8.65. The first-order valence-corrected chi connectivity index (χ1v) is 6.10. The van der Waals surface area contributed by atoms with Crippen LogP contribution < -0.4 is 4.74 Å². The van der Waals surface area contributed by atoms with Gasteiger partial charge in [-0.15, -0.1) is 0 Å². The summed E-state index contributed by atoms with van der Waals surface area (Å²) in [5.41, 5.74) is 2.04. The second-order valence-corrected chi connectivity index (χ2v) is 3.94.